The number of benzene rings is 1. The Labute approximate surface area is 149 Å². The normalized spacial score (nSPS) is 16.4. The van der Waals surface area contributed by atoms with Crippen LogP contribution in [0.25, 0.3) is 0 Å². The second-order valence-electron chi connectivity index (χ2n) is 5.92. The van der Waals surface area contributed by atoms with E-state index in [9.17, 15) is 4.79 Å². The molecular formula is C19H26N2O4. The van der Waals surface area contributed by atoms with Crippen LogP contribution < -0.4 is 14.8 Å². The van der Waals surface area contributed by atoms with Crippen molar-refractivity contribution in [1.29, 1.82) is 0 Å². The number of carbonyl (C=O) groups is 1. The summed E-state index contributed by atoms with van der Waals surface area (Å²) in [4.78, 5) is 13.3. The molecule has 1 aliphatic heterocycles. The van der Waals surface area contributed by atoms with Gasteiger partial charge in [0.1, 0.15) is 0 Å². The summed E-state index contributed by atoms with van der Waals surface area (Å²) >= 11 is 0. The molecule has 1 unspecified atom stereocenters. The number of hydrogen-bond donors (Lipinski definition) is 1. The number of likely N-dealkylation sites (N-methyl/N-ethyl adjacent to an activating group) is 1. The molecule has 2 rings (SSSR count). The molecule has 0 spiro atoms. The lowest BCUT2D eigenvalue weighted by Crippen LogP contribution is -2.27. The van der Waals surface area contributed by atoms with Crippen molar-refractivity contribution >= 4 is 5.97 Å². The first-order valence-corrected chi connectivity index (χ1v) is 8.11. The third kappa shape index (κ3) is 4.54. The average Bonchev–Trinajstić information content (AvgIpc) is 2.62. The minimum atomic E-state index is -0.274. The summed E-state index contributed by atoms with van der Waals surface area (Å²) < 4.78 is 15.5. The first kappa shape index (κ1) is 18.9. The first-order valence-electron chi connectivity index (χ1n) is 8.11. The molecule has 0 aliphatic carbocycles. The minimum Gasteiger partial charge on any atom is -0.493 e. The van der Waals surface area contributed by atoms with E-state index in [4.69, 9.17) is 9.47 Å². The molecule has 1 aromatic rings. The molecule has 0 saturated carbocycles. The molecule has 1 heterocycles. The summed E-state index contributed by atoms with van der Waals surface area (Å²) in [6.45, 7) is 2.80. The topological polar surface area (TPSA) is 60.0 Å². The van der Waals surface area contributed by atoms with Crippen LogP contribution in [0.4, 0.5) is 0 Å². The van der Waals surface area contributed by atoms with Gasteiger partial charge in [-0.3, -0.25) is 4.79 Å². The van der Waals surface area contributed by atoms with Crippen LogP contribution in [0.5, 0.6) is 11.5 Å². The summed E-state index contributed by atoms with van der Waals surface area (Å²) in [6, 6.07) is 4.19. The Morgan fingerprint density at radius 3 is 2.64 bits per heavy atom. The van der Waals surface area contributed by atoms with Crippen LogP contribution in [0.3, 0.4) is 0 Å². The van der Waals surface area contributed by atoms with Crippen LogP contribution in [-0.4, -0.2) is 52.3 Å². The summed E-state index contributed by atoms with van der Waals surface area (Å²) in [5.74, 6) is 1.20. The van der Waals surface area contributed by atoms with Crippen molar-refractivity contribution in [2.45, 2.75) is 13.0 Å². The zero-order valence-corrected chi connectivity index (χ0v) is 15.5. The maximum Gasteiger partial charge on any atom is 0.319 e. The van der Waals surface area contributed by atoms with Crippen molar-refractivity contribution < 1.29 is 19.0 Å². The van der Waals surface area contributed by atoms with E-state index < -0.39 is 0 Å². The third-order valence-corrected chi connectivity index (χ3v) is 4.19. The van der Waals surface area contributed by atoms with Crippen molar-refractivity contribution in [2.75, 3.05) is 41.5 Å². The van der Waals surface area contributed by atoms with Gasteiger partial charge in [0.05, 0.1) is 33.9 Å². The van der Waals surface area contributed by atoms with Crippen molar-refractivity contribution in [3.63, 3.8) is 0 Å². The number of methoxy groups -OCH3 is 3. The zero-order valence-electron chi connectivity index (χ0n) is 15.5. The highest BCUT2D eigenvalue weighted by Crippen LogP contribution is 2.36. The van der Waals surface area contributed by atoms with Crippen LogP contribution in [0.15, 0.2) is 36.1 Å². The summed E-state index contributed by atoms with van der Waals surface area (Å²) in [5.41, 5.74) is 3.26. The largest absolute Gasteiger partial charge is 0.493 e. The smallest absolute Gasteiger partial charge is 0.319 e. The van der Waals surface area contributed by atoms with Crippen molar-refractivity contribution in [3.05, 3.63) is 47.2 Å². The fourth-order valence-corrected chi connectivity index (χ4v) is 2.86. The molecule has 1 N–H and O–H groups in total. The SMILES string of the molecule is COC(=O)CNCC1=CC(c2cc(C)c(OC)c(OC)c2)N(C)C=C1. The highest BCUT2D eigenvalue weighted by atomic mass is 16.5. The Kier molecular flexibility index (Phi) is 6.47. The molecule has 1 atom stereocenters. The second kappa shape index (κ2) is 8.58. The number of aryl methyl sites for hydroxylation is 1. The minimum absolute atomic E-state index is 0.0819. The summed E-state index contributed by atoms with van der Waals surface area (Å²) in [5, 5.41) is 3.09. The fourth-order valence-electron chi connectivity index (χ4n) is 2.86. The summed E-state index contributed by atoms with van der Waals surface area (Å²) in [6.07, 6.45) is 6.24. The quantitative estimate of drug-likeness (QED) is 0.764. The van der Waals surface area contributed by atoms with Crippen molar-refractivity contribution in [2.24, 2.45) is 0 Å². The van der Waals surface area contributed by atoms with Gasteiger partial charge in [0.2, 0.25) is 0 Å². The van der Waals surface area contributed by atoms with Gasteiger partial charge >= 0.3 is 5.97 Å². The molecule has 0 bridgehead atoms. The van der Waals surface area contributed by atoms with Gasteiger partial charge in [-0.25, -0.2) is 0 Å². The Morgan fingerprint density at radius 2 is 2.00 bits per heavy atom. The molecular weight excluding hydrogens is 320 g/mol. The maximum absolute atomic E-state index is 11.2. The van der Waals surface area contributed by atoms with E-state index >= 15 is 0 Å². The van der Waals surface area contributed by atoms with Gasteiger partial charge in [0.25, 0.3) is 0 Å². The Morgan fingerprint density at radius 1 is 1.24 bits per heavy atom. The molecule has 0 fully saturated rings. The molecule has 0 radical (unpaired) electrons. The lowest BCUT2D eigenvalue weighted by molar-refractivity contribution is -0.139. The van der Waals surface area contributed by atoms with Crippen LogP contribution in [0, 0.1) is 6.92 Å². The molecule has 0 amide bonds. The van der Waals surface area contributed by atoms with Gasteiger partial charge < -0.3 is 24.4 Å². The molecule has 1 aliphatic rings. The lowest BCUT2D eigenvalue weighted by Gasteiger charge is -2.29. The number of carbonyl (C=O) groups excluding carboxylic acids is 1. The fraction of sp³-hybridized carbons (Fsp3) is 0.421. The number of nitrogens with one attached hydrogen (secondary N) is 1. The Hall–Kier alpha value is -2.47. The van der Waals surface area contributed by atoms with E-state index in [2.05, 4.69) is 27.1 Å². The number of rotatable bonds is 7. The molecule has 25 heavy (non-hydrogen) atoms. The van der Waals surface area contributed by atoms with E-state index in [1.54, 1.807) is 14.2 Å². The number of hydrogen-bond acceptors (Lipinski definition) is 6. The molecule has 1 aromatic carbocycles. The van der Waals surface area contributed by atoms with Crippen LogP contribution in [-0.2, 0) is 9.53 Å². The van der Waals surface area contributed by atoms with E-state index in [-0.39, 0.29) is 18.6 Å². The predicted octanol–water partition coefficient (Wildman–Crippen LogP) is 2.20. The van der Waals surface area contributed by atoms with Crippen LogP contribution in [0.1, 0.15) is 17.2 Å². The highest BCUT2D eigenvalue weighted by molar-refractivity contribution is 5.71. The summed E-state index contributed by atoms with van der Waals surface area (Å²) in [7, 11) is 6.70. The van der Waals surface area contributed by atoms with E-state index in [0.717, 1.165) is 28.2 Å². The molecule has 0 aromatic heterocycles. The van der Waals surface area contributed by atoms with Gasteiger partial charge in [0, 0.05) is 13.6 Å². The Balaban J connectivity index is 2.20. The number of nitrogens with zero attached hydrogens (tertiary/aromatic N) is 1. The van der Waals surface area contributed by atoms with Gasteiger partial charge in [-0.05, 0) is 48.0 Å². The van der Waals surface area contributed by atoms with Crippen molar-refractivity contribution in [3.8, 4) is 11.5 Å². The van der Waals surface area contributed by atoms with E-state index in [1.807, 2.05) is 32.3 Å². The molecule has 6 nitrogen and oxygen atoms in total. The molecule has 0 saturated heterocycles. The monoisotopic (exact) mass is 346 g/mol. The third-order valence-electron chi connectivity index (χ3n) is 4.19. The maximum atomic E-state index is 11.2. The molecule has 136 valence electrons. The second-order valence-corrected chi connectivity index (χ2v) is 5.92. The van der Waals surface area contributed by atoms with E-state index in [1.165, 1.54) is 7.11 Å². The van der Waals surface area contributed by atoms with Crippen LogP contribution >= 0.6 is 0 Å². The lowest BCUT2D eigenvalue weighted by atomic mass is 9.97. The number of ether oxygens (including phenoxy) is 3. The van der Waals surface area contributed by atoms with Crippen molar-refractivity contribution in [1.82, 2.24) is 10.2 Å². The zero-order chi connectivity index (χ0) is 18.4. The van der Waals surface area contributed by atoms with Gasteiger partial charge in [-0.1, -0.05) is 6.08 Å². The molecule has 6 heteroatoms. The standard InChI is InChI=1S/C19H26N2O4/c1-13-8-15(10-17(23-3)19(13)25-5)16-9-14(6-7-21(16)2)11-20-12-18(22)24-4/h6-10,16,20H,11-12H2,1-5H3. The van der Waals surface area contributed by atoms with Gasteiger partial charge in [-0.15, -0.1) is 0 Å². The average molecular weight is 346 g/mol. The van der Waals surface area contributed by atoms with Gasteiger partial charge in [-0.2, -0.15) is 0 Å². The van der Waals surface area contributed by atoms with E-state index in [0.29, 0.717) is 6.54 Å². The highest BCUT2D eigenvalue weighted by Gasteiger charge is 2.20. The first-order chi connectivity index (χ1) is 12.0. The predicted molar refractivity (Wildman–Crippen MR) is 96.9 cm³/mol. The van der Waals surface area contributed by atoms with Crippen LogP contribution in [0.2, 0.25) is 0 Å². The number of esters is 1. The van der Waals surface area contributed by atoms with Gasteiger partial charge in [0.15, 0.2) is 11.5 Å². The Bertz CT molecular complexity index is 682.